The number of esters is 1. The van der Waals surface area contributed by atoms with Crippen molar-refractivity contribution >= 4 is 12.0 Å². The molecule has 92 valence electrons. The summed E-state index contributed by atoms with van der Waals surface area (Å²) in [5.41, 5.74) is 3.60. The number of benzene rings is 1. The first-order valence-corrected chi connectivity index (χ1v) is 6.02. The number of hydrogen-bond acceptors (Lipinski definition) is 2. The van der Waals surface area contributed by atoms with Crippen molar-refractivity contribution < 1.29 is 9.53 Å². The Labute approximate surface area is 103 Å². The van der Waals surface area contributed by atoms with Crippen molar-refractivity contribution in [1.82, 2.24) is 0 Å². The molecule has 0 aromatic heterocycles. The third-order valence-electron chi connectivity index (χ3n) is 2.58. The Morgan fingerprint density at radius 3 is 2.65 bits per heavy atom. The van der Waals surface area contributed by atoms with E-state index in [0.717, 1.165) is 18.4 Å². The second-order valence-electron chi connectivity index (χ2n) is 4.19. The van der Waals surface area contributed by atoms with E-state index in [1.54, 1.807) is 0 Å². The van der Waals surface area contributed by atoms with Gasteiger partial charge in [0.05, 0.1) is 0 Å². The van der Waals surface area contributed by atoms with Crippen LogP contribution in [0.3, 0.4) is 0 Å². The van der Waals surface area contributed by atoms with Crippen LogP contribution in [0.2, 0.25) is 0 Å². The Bertz CT molecular complexity index is 405. The average Bonchev–Trinajstić information content (AvgIpc) is 2.29. The molecule has 0 aliphatic rings. The SMILES string of the molecule is CCCC(=Cc1ccccc1C)COC(C)=O. The largest absolute Gasteiger partial charge is 0.461 e. The van der Waals surface area contributed by atoms with Gasteiger partial charge in [-0.05, 0) is 30.0 Å². The highest BCUT2D eigenvalue weighted by Crippen LogP contribution is 2.15. The summed E-state index contributed by atoms with van der Waals surface area (Å²) >= 11 is 0. The van der Waals surface area contributed by atoms with Crippen molar-refractivity contribution in [2.24, 2.45) is 0 Å². The third kappa shape index (κ3) is 4.85. The van der Waals surface area contributed by atoms with E-state index in [9.17, 15) is 4.79 Å². The minimum atomic E-state index is -0.225. The van der Waals surface area contributed by atoms with Gasteiger partial charge in [0, 0.05) is 6.92 Å². The molecule has 1 aromatic rings. The maximum atomic E-state index is 10.8. The van der Waals surface area contributed by atoms with Gasteiger partial charge in [-0.1, -0.05) is 43.7 Å². The third-order valence-corrected chi connectivity index (χ3v) is 2.58. The molecule has 0 radical (unpaired) electrons. The fourth-order valence-corrected chi connectivity index (χ4v) is 1.67. The lowest BCUT2D eigenvalue weighted by Crippen LogP contribution is -2.03. The van der Waals surface area contributed by atoms with Crippen LogP contribution in [0.4, 0.5) is 0 Å². The van der Waals surface area contributed by atoms with E-state index in [4.69, 9.17) is 4.74 Å². The molecule has 0 spiro atoms. The first-order chi connectivity index (χ1) is 8.13. The van der Waals surface area contributed by atoms with Gasteiger partial charge in [0.25, 0.3) is 0 Å². The van der Waals surface area contributed by atoms with Crippen molar-refractivity contribution in [3.05, 3.63) is 41.0 Å². The zero-order valence-corrected chi connectivity index (χ0v) is 10.8. The normalized spacial score (nSPS) is 11.4. The monoisotopic (exact) mass is 232 g/mol. The Kier molecular flexibility index (Phi) is 5.47. The molecule has 0 heterocycles. The number of hydrogen-bond donors (Lipinski definition) is 0. The molecule has 0 fully saturated rings. The summed E-state index contributed by atoms with van der Waals surface area (Å²) in [4.78, 5) is 10.8. The Hall–Kier alpha value is -1.57. The van der Waals surface area contributed by atoms with Crippen LogP contribution < -0.4 is 0 Å². The molecule has 1 rings (SSSR count). The standard InChI is InChI=1S/C15H20O2/c1-4-7-14(11-17-13(3)16)10-15-9-6-5-8-12(15)2/h5-6,8-10H,4,7,11H2,1-3H3. The zero-order chi connectivity index (χ0) is 12.7. The topological polar surface area (TPSA) is 26.3 Å². The summed E-state index contributed by atoms with van der Waals surface area (Å²) < 4.78 is 5.06. The highest BCUT2D eigenvalue weighted by atomic mass is 16.5. The van der Waals surface area contributed by atoms with Gasteiger partial charge in [-0.2, -0.15) is 0 Å². The summed E-state index contributed by atoms with van der Waals surface area (Å²) in [6.45, 7) is 6.05. The van der Waals surface area contributed by atoms with Gasteiger partial charge >= 0.3 is 5.97 Å². The molecule has 0 unspecified atom stereocenters. The fraction of sp³-hybridized carbons (Fsp3) is 0.400. The quantitative estimate of drug-likeness (QED) is 0.723. The molecule has 0 bridgehead atoms. The van der Waals surface area contributed by atoms with Crippen molar-refractivity contribution in [3.63, 3.8) is 0 Å². The van der Waals surface area contributed by atoms with E-state index in [2.05, 4.69) is 32.1 Å². The number of carbonyl (C=O) groups is 1. The minimum absolute atomic E-state index is 0.225. The first kappa shape index (κ1) is 13.5. The molecule has 0 atom stereocenters. The maximum Gasteiger partial charge on any atom is 0.302 e. The maximum absolute atomic E-state index is 10.8. The van der Waals surface area contributed by atoms with Crippen LogP contribution in [-0.4, -0.2) is 12.6 Å². The van der Waals surface area contributed by atoms with Gasteiger partial charge in [0.15, 0.2) is 0 Å². The summed E-state index contributed by atoms with van der Waals surface area (Å²) in [5, 5.41) is 0. The molecule has 0 amide bonds. The van der Waals surface area contributed by atoms with Crippen molar-refractivity contribution in [2.45, 2.75) is 33.6 Å². The van der Waals surface area contributed by atoms with Gasteiger partial charge in [-0.3, -0.25) is 4.79 Å². The molecule has 0 aliphatic heterocycles. The second kappa shape index (κ2) is 6.89. The molecule has 2 heteroatoms. The van der Waals surface area contributed by atoms with Crippen LogP contribution in [0.5, 0.6) is 0 Å². The van der Waals surface area contributed by atoms with Gasteiger partial charge in [-0.25, -0.2) is 0 Å². The Morgan fingerprint density at radius 1 is 1.35 bits per heavy atom. The number of carbonyl (C=O) groups excluding carboxylic acids is 1. The fourth-order valence-electron chi connectivity index (χ4n) is 1.67. The second-order valence-corrected chi connectivity index (χ2v) is 4.19. The Morgan fingerprint density at radius 2 is 2.06 bits per heavy atom. The molecule has 0 aliphatic carbocycles. The van der Waals surface area contributed by atoms with Crippen LogP contribution in [0.1, 0.15) is 37.8 Å². The van der Waals surface area contributed by atoms with Crippen LogP contribution >= 0.6 is 0 Å². The lowest BCUT2D eigenvalue weighted by atomic mass is 10.0. The van der Waals surface area contributed by atoms with Crippen LogP contribution in [0.15, 0.2) is 29.8 Å². The van der Waals surface area contributed by atoms with Crippen LogP contribution in [0, 0.1) is 6.92 Å². The Balaban J connectivity index is 2.82. The summed E-state index contributed by atoms with van der Waals surface area (Å²) in [6, 6.07) is 8.21. The minimum Gasteiger partial charge on any atom is -0.461 e. The molecule has 0 saturated carbocycles. The van der Waals surface area contributed by atoms with Gasteiger partial charge in [0.1, 0.15) is 6.61 Å². The van der Waals surface area contributed by atoms with Gasteiger partial charge in [-0.15, -0.1) is 0 Å². The zero-order valence-electron chi connectivity index (χ0n) is 10.8. The molecular weight excluding hydrogens is 212 g/mol. The molecule has 2 nitrogen and oxygen atoms in total. The number of rotatable bonds is 5. The molecule has 1 aromatic carbocycles. The highest BCUT2D eigenvalue weighted by Gasteiger charge is 2.01. The van der Waals surface area contributed by atoms with Crippen molar-refractivity contribution in [2.75, 3.05) is 6.61 Å². The van der Waals surface area contributed by atoms with E-state index < -0.39 is 0 Å². The predicted molar refractivity (Wildman–Crippen MR) is 70.7 cm³/mol. The first-order valence-electron chi connectivity index (χ1n) is 6.02. The van der Waals surface area contributed by atoms with E-state index in [1.807, 2.05) is 12.1 Å². The number of aryl methyl sites for hydroxylation is 1. The lowest BCUT2D eigenvalue weighted by molar-refractivity contribution is -0.140. The van der Waals surface area contributed by atoms with E-state index >= 15 is 0 Å². The molecule has 0 saturated heterocycles. The van der Waals surface area contributed by atoms with Gasteiger partial charge < -0.3 is 4.74 Å². The average molecular weight is 232 g/mol. The smallest absolute Gasteiger partial charge is 0.302 e. The summed E-state index contributed by atoms with van der Waals surface area (Å²) in [6.07, 6.45) is 4.14. The van der Waals surface area contributed by atoms with Gasteiger partial charge in [0.2, 0.25) is 0 Å². The number of ether oxygens (including phenoxy) is 1. The van der Waals surface area contributed by atoms with Crippen LogP contribution in [-0.2, 0) is 9.53 Å². The van der Waals surface area contributed by atoms with Crippen molar-refractivity contribution in [3.8, 4) is 0 Å². The van der Waals surface area contributed by atoms with Crippen molar-refractivity contribution in [1.29, 1.82) is 0 Å². The summed E-state index contributed by atoms with van der Waals surface area (Å²) in [5.74, 6) is -0.225. The molecular formula is C15H20O2. The molecule has 17 heavy (non-hydrogen) atoms. The van der Waals surface area contributed by atoms with Crippen LogP contribution in [0.25, 0.3) is 6.08 Å². The van der Waals surface area contributed by atoms with E-state index in [1.165, 1.54) is 18.1 Å². The molecule has 0 N–H and O–H groups in total. The lowest BCUT2D eigenvalue weighted by Gasteiger charge is -2.08. The summed E-state index contributed by atoms with van der Waals surface area (Å²) in [7, 11) is 0. The van der Waals surface area contributed by atoms with E-state index in [-0.39, 0.29) is 5.97 Å². The van der Waals surface area contributed by atoms with E-state index in [0.29, 0.717) is 6.61 Å². The highest BCUT2D eigenvalue weighted by molar-refractivity contribution is 5.66. The predicted octanol–water partition coefficient (Wildman–Crippen LogP) is 3.74.